The molecule has 1 amide bonds. The van der Waals surface area contributed by atoms with Crippen LogP contribution in [0.3, 0.4) is 0 Å². The van der Waals surface area contributed by atoms with Gasteiger partial charge in [0.2, 0.25) is 0 Å². The van der Waals surface area contributed by atoms with Crippen LogP contribution >= 0.6 is 11.6 Å². The van der Waals surface area contributed by atoms with Crippen molar-refractivity contribution in [1.29, 1.82) is 0 Å². The van der Waals surface area contributed by atoms with Gasteiger partial charge in [-0.25, -0.2) is 0 Å². The van der Waals surface area contributed by atoms with Crippen molar-refractivity contribution in [2.45, 2.75) is 12.4 Å². The molecule has 25 heavy (non-hydrogen) atoms. The van der Waals surface area contributed by atoms with Crippen molar-refractivity contribution in [3.63, 3.8) is 0 Å². The molecule has 0 aliphatic heterocycles. The van der Waals surface area contributed by atoms with Gasteiger partial charge < -0.3 is 5.32 Å². The normalized spacial score (nSPS) is 11.9. The van der Waals surface area contributed by atoms with Crippen molar-refractivity contribution >= 4 is 38.9 Å². The molecule has 0 unspecified atom stereocenters. The molecule has 5 nitrogen and oxygen atoms in total. The third-order valence-electron chi connectivity index (χ3n) is 3.14. The summed E-state index contributed by atoms with van der Waals surface area (Å²) >= 11 is 5.73. The van der Waals surface area contributed by atoms with Crippen LogP contribution in [0.5, 0.6) is 0 Å². The smallest absolute Gasteiger partial charge is 0.322 e. The molecule has 0 aromatic heterocycles. The number of anilines is 2. The van der Waals surface area contributed by atoms with Gasteiger partial charge in [-0.15, -0.1) is 0 Å². The summed E-state index contributed by atoms with van der Waals surface area (Å²) in [5.41, 5.74) is -4.80. The maximum atomic E-state index is 12.4. The van der Waals surface area contributed by atoms with Gasteiger partial charge in [0.15, 0.2) is 0 Å². The van der Waals surface area contributed by atoms with Crippen molar-refractivity contribution < 1.29 is 26.4 Å². The molecule has 0 atom stereocenters. The van der Waals surface area contributed by atoms with E-state index in [4.69, 9.17) is 11.6 Å². The minimum absolute atomic E-state index is 0.210. The van der Waals surface area contributed by atoms with Crippen LogP contribution < -0.4 is 10.0 Å². The molecule has 2 aromatic rings. The van der Waals surface area contributed by atoms with E-state index >= 15 is 0 Å². The van der Waals surface area contributed by atoms with Crippen LogP contribution in [0.1, 0.15) is 15.9 Å². The monoisotopic (exact) mass is 392 g/mol. The van der Waals surface area contributed by atoms with Gasteiger partial charge in [0.05, 0.1) is 5.69 Å². The van der Waals surface area contributed by atoms with E-state index in [9.17, 15) is 26.4 Å². The molecule has 2 aromatic carbocycles. The summed E-state index contributed by atoms with van der Waals surface area (Å²) in [5.74, 6) is -0.445. The molecule has 0 saturated heterocycles. The van der Waals surface area contributed by atoms with Gasteiger partial charge in [-0.2, -0.15) is 21.6 Å². The third kappa shape index (κ3) is 4.64. The van der Waals surface area contributed by atoms with E-state index in [0.29, 0.717) is 16.3 Å². The van der Waals surface area contributed by atoms with Crippen LogP contribution in [0.25, 0.3) is 0 Å². The zero-order valence-electron chi connectivity index (χ0n) is 12.7. The predicted molar refractivity (Wildman–Crippen MR) is 89.2 cm³/mol. The Bertz CT molecular complexity index is 897. The number of alkyl halides is 3. The molecule has 2 rings (SSSR count). The van der Waals surface area contributed by atoms with Crippen molar-refractivity contribution in [1.82, 2.24) is 0 Å². The summed E-state index contributed by atoms with van der Waals surface area (Å²) in [6.45, 7) is 1.41. The van der Waals surface area contributed by atoms with Crippen LogP contribution in [-0.2, 0) is 10.0 Å². The number of aryl methyl sites for hydroxylation is 1. The molecule has 10 heteroatoms. The number of carbonyl (C=O) groups excluding carboxylic acids is 1. The Morgan fingerprint density at radius 2 is 1.68 bits per heavy atom. The molecule has 0 fully saturated rings. The highest BCUT2D eigenvalue weighted by molar-refractivity contribution is 7.93. The molecule has 134 valence electrons. The summed E-state index contributed by atoms with van der Waals surface area (Å²) in [6.07, 6.45) is 0. The number of hydrogen-bond donors (Lipinski definition) is 2. The summed E-state index contributed by atoms with van der Waals surface area (Å²) in [4.78, 5) is 12.1. The van der Waals surface area contributed by atoms with E-state index in [2.05, 4.69) is 5.32 Å². The van der Waals surface area contributed by atoms with Crippen LogP contribution in [0.15, 0.2) is 42.5 Å². The van der Waals surface area contributed by atoms with Gasteiger partial charge in [-0.3, -0.25) is 9.52 Å². The lowest BCUT2D eigenvalue weighted by Crippen LogP contribution is -2.30. The number of benzene rings is 2. The SMILES string of the molecule is Cc1cc(NC(=O)c2ccc(Cl)cc2)ccc1NS(=O)(=O)C(F)(F)F. The Morgan fingerprint density at radius 3 is 2.20 bits per heavy atom. The minimum atomic E-state index is -5.51. The number of carbonyl (C=O) groups is 1. The average Bonchev–Trinajstić information content (AvgIpc) is 2.49. The summed E-state index contributed by atoms with van der Waals surface area (Å²) in [6, 6.07) is 9.87. The zero-order chi connectivity index (χ0) is 18.8. The molecule has 0 radical (unpaired) electrons. The number of nitrogens with one attached hydrogen (secondary N) is 2. The first-order valence-electron chi connectivity index (χ1n) is 6.76. The standard InChI is InChI=1S/C15H12ClF3N2O3S/c1-9-8-12(20-14(22)10-2-4-11(16)5-3-10)6-7-13(9)21-25(23,24)15(17,18)19/h2-8,21H,1H3,(H,20,22). The number of rotatable bonds is 4. The van der Waals surface area contributed by atoms with E-state index in [-0.39, 0.29) is 11.3 Å². The fourth-order valence-electron chi connectivity index (χ4n) is 1.86. The molecule has 0 spiro atoms. The second kappa shape index (κ2) is 6.93. The Hall–Kier alpha value is -2.26. The summed E-state index contributed by atoms with van der Waals surface area (Å²) in [7, 11) is -5.51. The van der Waals surface area contributed by atoms with E-state index in [1.54, 1.807) is 0 Å². The predicted octanol–water partition coefficient (Wildman–Crippen LogP) is 4.16. The number of amides is 1. The third-order valence-corrected chi connectivity index (χ3v) is 4.49. The number of sulfonamides is 1. The molecule has 0 saturated carbocycles. The topological polar surface area (TPSA) is 75.3 Å². The lowest BCUT2D eigenvalue weighted by Gasteiger charge is -2.14. The Kier molecular flexibility index (Phi) is 5.28. The molecule has 0 aliphatic rings. The molecular formula is C15H12ClF3N2O3S. The fourth-order valence-corrected chi connectivity index (χ4v) is 2.62. The highest BCUT2D eigenvalue weighted by atomic mass is 35.5. The summed E-state index contributed by atoms with van der Waals surface area (Å²) in [5, 5.41) is 3.02. The van der Waals surface area contributed by atoms with Gasteiger partial charge in [0.1, 0.15) is 0 Å². The fraction of sp³-hybridized carbons (Fsp3) is 0.133. The number of hydrogen-bond acceptors (Lipinski definition) is 3. The van der Waals surface area contributed by atoms with Crippen molar-refractivity contribution in [3.8, 4) is 0 Å². The average molecular weight is 393 g/mol. The van der Waals surface area contributed by atoms with Crippen LogP contribution in [0, 0.1) is 6.92 Å². The zero-order valence-corrected chi connectivity index (χ0v) is 14.3. The van der Waals surface area contributed by atoms with Crippen LogP contribution in [0.2, 0.25) is 5.02 Å². The quantitative estimate of drug-likeness (QED) is 0.820. The second-order valence-electron chi connectivity index (χ2n) is 5.04. The second-order valence-corrected chi connectivity index (χ2v) is 7.15. The molecule has 0 heterocycles. The first-order valence-corrected chi connectivity index (χ1v) is 8.62. The molecule has 0 aliphatic carbocycles. The Balaban J connectivity index is 2.17. The minimum Gasteiger partial charge on any atom is -0.322 e. The molecule has 2 N–H and O–H groups in total. The molecule has 0 bridgehead atoms. The summed E-state index contributed by atoms with van der Waals surface area (Å²) < 4.78 is 60.9. The van der Waals surface area contributed by atoms with Gasteiger partial charge >= 0.3 is 15.5 Å². The Labute approximate surface area is 146 Å². The maximum Gasteiger partial charge on any atom is 0.516 e. The van der Waals surface area contributed by atoms with E-state index in [1.807, 2.05) is 0 Å². The highest BCUT2D eigenvalue weighted by Gasteiger charge is 2.46. The van der Waals surface area contributed by atoms with Gasteiger partial charge in [-0.05, 0) is 55.0 Å². The van der Waals surface area contributed by atoms with Crippen molar-refractivity contribution in [2.24, 2.45) is 0 Å². The van der Waals surface area contributed by atoms with E-state index < -0.39 is 21.4 Å². The van der Waals surface area contributed by atoms with Crippen molar-refractivity contribution in [3.05, 3.63) is 58.6 Å². The Morgan fingerprint density at radius 1 is 1.08 bits per heavy atom. The van der Waals surface area contributed by atoms with E-state index in [1.165, 1.54) is 48.0 Å². The first-order chi connectivity index (χ1) is 11.5. The maximum absolute atomic E-state index is 12.4. The molecular weight excluding hydrogens is 381 g/mol. The van der Waals surface area contributed by atoms with Crippen molar-refractivity contribution in [2.75, 3.05) is 10.0 Å². The van der Waals surface area contributed by atoms with Gasteiger partial charge in [-0.1, -0.05) is 11.6 Å². The lowest BCUT2D eigenvalue weighted by atomic mass is 10.1. The van der Waals surface area contributed by atoms with Gasteiger partial charge in [0.25, 0.3) is 5.91 Å². The van der Waals surface area contributed by atoms with Crippen LogP contribution in [0.4, 0.5) is 24.5 Å². The first kappa shape index (κ1) is 19.1. The largest absolute Gasteiger partial charge is 0.516 e. The van der Waals surface area contributed by atoms with Crippen LogP contribution in [-0.4, -0.2) is 19.8 Å². The van der Waals surface area contributed by atoms with E-state index in [0.717, 1.165) is 6.07 Å². The number of halogens is 4. The lowest BCUT2D eigenvalue weighted by molar-refractivity contribution is -0.0429. The highest BCUT2D eigenvalue weighted by Crippen LogP contribution is 2.28. The van der Waals surface area contributed by atoms with Gasteiger partial charge in [0, 0.05) is 16.3 Å².